The minimum Gasteiger partial charge on any atom is -0.236 e. The van der Waals surface area contributed by atoms with Crippen LogP contribution < -0.4 is 0 Å². The summed E-state index contributed by atoms with van der Waals surface area (Å²) in [6.45, 7) is 2.12. The second-order valence-corrected chi connectivity index (χ2v) is 6.16. The maximum Gasteiger partial charge on any atom is 0.125 e. The van der Waals surface area contributed by atoms with Crippen LogP contribution in [-0.4, -0.2) is 4.98 Å². The molecule has 0 fully saturated rings. The molecule has 3 heteroatoms. The molecule has 3 rings (SSSR count). The van der Waals surface area contributed by atoms with Crippen LogP contribution in [0.3, 0.4) is 0 Å². The van der Waals surface area contributed by atoms with Gasteiger partial charge in [0, 0.05) is 9.13 Å². The Hall–Kier alpha value is -0.940. The fourth-order valence-electron chi connectivity index (χ4n) is 1.79. The summed E-state index contributed by atoms with van der Waals surface area (Å²) < 4.78 is 2.51. The average Bonchev–Trinajstić information content (AvgIpc) is 2.75. The number of hydrogen-bond donors (Lipinski definition) is 0. The molecule has 0 saturated heterocycles. The van der Waals surface area contributed by atoms with Crippen LogP contribution in [0.25, 0.3) is 20.8 Å². The van der Waals surface area contributed by atoms with E-state index in [1.54, 1.807) is 11.3 Å². The number of aromatic nitrogens is 1. The van der Waals surface area contributed by atoms with Crippen molar-refractivity contribution in [2.24, 2.45) is 0 Å². The van der Waals surface area contributed by atoms with Crippen molar-refractivity contribution in [2.75, 3.05) is 0 Å². The number of benzene rings is 2. The molecule has 2 aromatic carbocycles. The van der Waals surface area contributed by atoms with Crippen molar-refractivity contribution >= 4 is 44.1 Å². The first-order valence-corrected chi connectivity index (χ1v) is 7.26. The van der Waals surface area contributed by atoms with Gasteiger partial charge in [0.1, 0.15) is 5.01 Å². The van der Waals surface area contributed by atoms with Crippen molar-refractivity contribution < 1.29 is 0 Å². The molecular formula is C14H10INS. The Morgan fingerprint density at radius 2 is 1.94 bits per heavy atom. The van der Waals surface area contributed by atoms with Gasteiger partial charge in [0.25, 0.3) is 0 Å². The molecule has 0 bridgehead atoms. The number of halogens is 1. The summed E-state index contributed by atoms with van der Waals surface area (Å²) in [5.41, 5.74) is 3.61. The molecule has 0 N–H and O–H groups in total. The van der Waals surface area contributed by atoms with E-state index >= 15 is 0 Å². The Bertz CT molecular complexity index is 655. The van der Waals surface area contributed by atoms with Crippen molar-refractivity contribution in [1.29, 1.82) is 0 Å². The Labute approximate surface area is 118 Å². The van der Waals surface area contributed by atoms with Crippen molar-refractivity contribution in [3.8, 4) is 10.6 Å². The summed E-state index contributed by atoms with van der Waals surface area (Å²) in [6.07, 6.45) is 0. The Balaban J connectivity index is 2.23. The van der Waals surface area contributed by atoms with Gasteiger partial charge in [-0.1, -0.05) is 23.8 Å². The van der Waals surface area contributed by atoms with Crippen molar-refractivity contribution in [1.82, 2.24) is 4.98 Å². The maximum atomic E-state index is 4.70. The van der Waals surface area contributed by atoms with Gasteiger partial charge < -0.3 is 0 Å². The first kappa shape index (κ1) is 11.2. The molecule has 0 aliphatic rings. The molecule has 1 heterocycles. The molecule has 0 aliphatic carbocycles. The lowest BCUT2D eigenvalue weighted by Gasteiger charge is -2.01. The second-order valence-electron chi connectivity index (χ2n) is 3.97. The smallest absolute Gasteiger partial charge is 0.125 e. The summed E-state index contributed by atoms with van der Waals surface area (Å²) >= 11 is 4.13. The molecule has 17 heavy (non-hydrogen) atoms. The van der Waals surface area contributed by atoms with E-state index in [-0.39, 0.29) is 0 Å². The van der Waals surface area contributed by atoms with E-state index in [2.05, 4.69) is 65.9 Å². The van der Waals surface area contributed by atoms with E-state index in [1.807, 2.05) is 6.07 Å². The normalized spacial score (nSPS) is 10.9. The van der Waals surface area contributed by atoms with Crippen LogP contribution in [0.4, 0.5) is 0 Å². The number of hydrogen-bond acceptors (Lipinski definition) is 2. The molecule has 0 amide bonds. The lowest BCUT2D eigenvalue weighted by molar-refractivity contribution is 1.41. The predicted molar refractivity (Wildman–Crippen MR) is 82.5 cm³/mol. The van der Waals surface area contributed by atoms with E-state index in [0.29, 0.717) is 0 Å². The van der Waals surface area contributed by atoms with E-state index in [4.69, 9.17) is 4.98 Å². The van der Waals surface area contributed by atoms with Crippen LogP contribution in [0.5, 0.6) is 0 Å². The molecule has 84 valence electrons. The summed E-state index contributed by atoms with van der Waals surface area (Å²) in [7, 11) is 0. The Kier molecular flexibility index (Phi) is 2.88. The topological polar surface area (TPSA) is 12.9 Å². The van der Waals surface area contributed by atoms with Gasteiger partial charge in [-0.05, 0) is 53.8 Å². The van der Waals surface area contributed by atoms with Gasteiger partial charge in [0.05, 0.1) is 10.2 Å². The number of thiazole rings is 1. The van der Waals surface area contributed by atoms with Crippen LogP contribution in [-0.2, 0) is 0 Å². The van der Waals surface area contributed by atoms with Gasteiger partial charge in [-0.2, -0.15) is 0 Å². The minimum absolute atomic E-state index is 1.09. The van der Waals surface area contributed by atoms with Gasteiger partial charge in [0.2, 0.25) is 0 Å². The molecular weight excluding hydrogens is 341 g/mol. The highest BCUT2D eigenvalue weighted by Gasteiger charge is 2.09. The van der Waals surface area contributed by atoms with Gasteiger partial charge in [-0.3, -0.25) is 0 Å². The number of aryl methyl sites for hydroxylation is 1. The molecule has 3 aromatic rings. The average molecular weight is 351 g/mol. The summed E-state index contributed by atoms with van der Waals surface area (Å²) in [5.74, 6) is 0. The lowest BCUT2D eigenvalue weighted by Crippen LogP contribution is -1.83. The van der Waals surface area contributed by atoms with Crippen molar-refractivity contribution in [3.05, 3.63) is 51.6 Å². The van der Waals surface area contributed by atoms with Crippen LogP contribution in [0.1, 0.15) is 5.56 Å². The molecule has 1 nitrogen and oxygen atoms in total. The molecule has 0 spiro atoms. The number of nitrogens with zero attached hydrogens (tertiary/aromatic N) is 1. The summed E-state index contributed by atoms with van der Waals surface area (Å²) in [6, 6.07) is 14.8. The molecule has 0 radical (unpaired) electrons. The molecule has 0 atom stereocenters. The van der Waals surface area contributed by atoms with Crippen LogP contribution >= 0.6 is 33.9 Å². The van der Waals surface area contributed by atoms with Crippen LogP contribution in [0, 0.1) is 10.5 Å². The third-order valence-electron chi connectivity index (χ3n) is 2.65. The SMILES string of the molecule is Cc1ccc(I)c(-c2nc3ccccc3s2)c1. The van der Waals surface area contributed by atoms with E-state index < -0.39 is 0 Å². The Morgan fingerprint density at radius 1 is 1.12 bits per heavy atom. The number of rotatable bonds is 1. The van der Waals surface area contributed by atoms with Crippen molar-refractivity contribution in [2.45, 2.75) is 6.92 Å². The fraction of sp³-hybridized carbons (Fsp3) is 0.0714. The van der Waals surface area contributed by atoms with Gasteiger partial charge >= 0.3 is 0 Å². The second kappa shape index (κ2) is 4.38. The van der Waals surface area contributed by atoms with E-state index in [9.17, 15) is 0 Å². The molecule has 1 aromatic heterocycles. The maximum absolute atomic E-state index is 4.70. The third kappa shape index (κ3) is 2.09. The first-order valence-electron chi connectivity index (χ1n) is 5.36. The lowest BCUT2D eigenvalue weighted by atomic mass is 10.1. The van der Waals surface area contributed by atoms with Gasteiger partial charge in [-0.25, -0.2) is 4.98 Å². The highest BCUT2D eigenvalue weighted by Crippen LogP contribution is 2.33. The fourth-order valence-corrected chi connectivity index (χ4v) is 3.56. The monoisotopic (exact) mass is 351 g/mol. The van der Waals surface area contributed by atoms with E-state index in [1.165, 1.54) is 19.4 Å². The Morgan fingerprint density at radius 3 is 2.76 bits per heavy atom. The zero-order valence-corrected chi connectivity index (χ0v) is 12.2. The third-order valence-corrected chi connectivity index (χ3v) is 4.66. The van der Waals surface area contributed by atoms with Gasteiger partial charge in [-0.15, -0.1) is 11.3 Å². The number of para-hydroxylation sites is 1. The molecule has 0 unspecified atom stereocenters. The summed E-state index contributed by atoms with van der Waals surface area (Å²) in [5, 5.41) is 1.11. The molecule has 0 saturated carbocycles. The van der Waals surface area contributed by atoms with Crippen LogP contribution in [0.2, 0.25) is 0 Å². The van der Waals surface area contributed by atoms with E-state index in [0.717, 1.165) is 10.5 Å². The standard InChI is InChI=1S/C14H10INS/c1-9-6-7-11(15)10(8-9)14-16-12-4-2-3-5-13(12)17-14/h2-8H,1H3. The zero-order valence-electron chi connectivity index (χ0n) is 9.27. The summed E-state index contributed by atoms with van der Waals surface area (Å²) in [4.78, 5) is 4.70. The highest BCUT2D eigenvalue weighted by atomic mass is 127. The van der Waals surface area contributed by atoms with Gasteiger partial charge in [0.15, 0.2) is 0 Å². The van der Waals surface area contributed by atoms with Crippen molar-refractivity contribution in [3.63, 3.8) is 0 Å². The quantitative estimate of drug-likeness (QED) is 0.570. The predicted octanol–water partition coefficient (Wildman–Crippen LogP) is 4.88. The zero-order chi connectivity index (χ0) is 11.8. The minimum atomic E-state index is 1.09. The largest absolute Gasteiger partial charge is 0.236 e. The molecule has 0 aliphatic heterocycles. The number of fused-ring (bicyclic) bond motifs is 1. The first-order chi connectivity index (χ1) is 8.24. The van der Waals surface area contributed by atoms with Crippen LogP contribution in [0.15, 0.2) is 42.5 Å². The highest BCUT2D eigenvalue weighted by molar-refractivity contribution is 14.1.